The van der Waals surface area contributed by atoms with Crippen LogP contribution in [0.3, 0.4) is 0 Å². The molecule has 1 unspecified atom stereocenters. The van der Waals surface area contributed by atoms with Gasteiger partial charge in [-0.25, -0.2) is 0 Å². The Morgan fingerprint density at radius 3 is 1.94 bits per heavy atom. The van der Waals surface area contributed by atoms with Gasteiger partial charge in [-0.1, -0.05) is 151 Å². The molecule has 2 nitrogen and oxygen atoms in total. The summed E-state index contributed by atoms with van der Waals surface area (Å²) >= 11 is 3.76. The van der Waals surface area contributed by atoms with E-state index >= 15 is 0 Å². The molecule has 4 heteroatoms. The van der Waals surface area contributed by atoms with Crippen LogP contribution in [0.15, 0.2) is 228 Å². The van der Waals surface area contributed by atoms with Crippen LogP contribution in [-0.2, 0) is 5.41 Å². The maximum atomic E-state index is 2.52. The minimum atomic E-state index is -0.555. The number of hydrogen-bond acceptors (Lipinski definition) is 3. The summed E-state index contributed by atoms with van der Waals surface area (Å²) < 4.78 is 5.03. The van der Waals surface area contributed by atoms with Gasteiger partial charge in [0.2, 0.25) is 0 Å². The molecule has 1 spiro atoms. The molecule has 3 heterocycles. The molecule has 63 heavy (non-hydrogen) atoms. The predicted molar refractivity (Wildman–Crippen MR) is 267 cm³/mol. The second kappa shape index (κ2) is 13.3. The molecule has 0 radical (unpaired) electrons. The SMILES string of the molecule is c1ccc(-n2c3ccccc3c3ccc(N(c4ccc5c(c4)C4(c6ccccc6S5)c5ccccc5-c5cccc6cccc4c56)c4ccc5sc6ccccc6c5c4)cc32)cc1. The van der Waals surface area contributed by atoms with Crippen molar-refractivity contribution < 1.29 is 0 Å². The Balaban J connectivity index is 1.08. The molecular formula is C59H36N2S2. The summed E-state index contributed by atoms with van der Waals surface area (Å²) in [6, 6.07) is 81.8. The number of fused-ring (bicyclic) bond motifs is 14. The summed E-state index contributed by atoms with van der Waals surface area (Å²) in [5.74, 6) is 0. The van der Waals surface area contributed by atoms with Gasteiger partial charge in [0.1, 0.15) is 0 Å². The maximum absolute atomic E-state index is 2.52. The Kier molecular flexibility index (Phi) is 7.45. The van der Waals surface area contributed by atoms with E-state index < -0.39 is 5.41 Å². The van der Waals surface area contributed by atoms with Crippen molar-refractivity contribution in [2.75, 3.05) is 4.90 Å². The molecule has 2 aliphatic rings. The van der Waals surface area contributed by atoms with E-state index in [1.54, 1.807) is 0 Å². The molecule has 1 atom stereocenters. The first kappa shape index (κ1) is 35.2. The van der Waals surface area contributed by atoms with Gasteiger partial charge in [-0.3, -0.25) is 0 Å². The normalized spacial score (nSPS) is 15.0. The Bertz CT molecular complexity index is 3850. The number of aromatic nitrogens is 1. The molecule has 0 N–H and O–H groups in total. The monoisotopic (exact) mass is 836 g/mol. The van der Waals surface area contributed by atoms with E-state index in [2.05, 4.69) is 228 Å². The molecule has 0 amide bonds. The second-order valence-corrected chi connectivity index (χ2v) is 19.0. The molecule has 2 aromatic heterocycles. The lowest BCUT2D eigenvalue weighted by Crippen LogP contribution is -2.36. The molecule has 14 rings (SSSR count). The van der Waals surface area contributed by atoms with Crippen LogP contribution >= 0.6 is 23.1 Å². The van der Waals surface area contributed by atoms with Crippen molar-refractivity contribution in [2.45, 2.75) is 15.2 Å². The third kappa shape index (κ3) is 4.91. The van der Waals surface area contributed by atoms with Gasteiger partial charge in [-0.2, -0.15) is 0 Å². The van der Waals surface area contributed by atoms with Crippen LogP contribution in [-0.4, -0.2) is 4.57 Å². The number of anilines is 3. The summed E-state index contributed by atoms with van der Waals surface area (Å²) in [5, 5.41) is 7.66. The van der Waals surface area contributed by atoms with Crippen LogP contribution in [0.25, 0.3) is 69.6 Å². The molecule has 0 bridgehead atoms. The first-order valence-electron chi connectivity index (χ1n) is 21.6. The van der Waals surface area contributed by atoms with Crippen molar-refractivity contribution in [1.29, 1.82) is 0 Å². The van der Waals surface area contributed by atoms with Gasteiger partial charge in [-0.15, -0.1) is 11.3 Å². The number of thiophene rings is 1. The van der Waals surface area contributed by atoms with Gasteiger partial charge in [0.25, 0.3) is 0 Å². The largest absolute Gasteiger partial charge is 0.310 e. The number of benzene rings is 10. The van der Waals surface area contributed by atoms with Crippen molar-refractivity contribution in [2.24, 2.45) is 0 Å². The molecule has 0 fully saturated rings. The average Bonchev–Trinajstić information content (AvgIpc) is 3.88. The lowest BCUT2D eigenvalue weighted by atomic mass is 9.59. The lowest BCUT2D eigenvalue weighted by Gasteiger charge is -2.46. The van der Waals surface area contributed by atoms with Crippen LogP contribution in [0.2, 0.25) is 0 Å². The van der Waals surface area contributed by atoms with Gasteiger partial charge < -0.3 is 9.47 Å². The highest BCUT2D eigenvalue weighted by atomic mass is 32.2. The van der Waals surface area contributed by atoms with Crippen LogP contribution in [0.1, 0.15) is 22.3 Å². The molecule has 1 aliphatic carbocycles. The molecule has 0 saturated carbocycles. The zero-order chi connectivity index (χ0) is 41.2. The highest BCUT2D eigenvalue weighted by molar-refractivity contribution is 7.99. The zero-order valence-corrected chi connectivity index (χ0v) is 35.6. The fraction of sp³-hybridized carbons (Fsp3) is 0.0169. The topological polar surface area (TPSA) is 8.17 Å². The first-order valence-corrected chi connectivity index (χ1v) is 23.2. The number of para-hydroxylation sites is 2. The van der Waals surface area contributed by atoms with Crippen molar-refractivity contribution in [3.8, 4) is 16.8 Å². The van der Waals surface area contributed by atoms with Gasteiger partial charge >= 0.3 is 0 Å². The molecule has 12 aromatic rings. The standard InChI is InChI=1S/C59H36N2S2/c1-2-16-38(17-3-1)61-52-25-9-5-19-43(52)44-31-28-41(36-53(44)61)60(39-29-32-55-47(34-39)45-20-6-10-26-54(45)62-55)40-30-33-57-51(35-40)59(49-23-8-11-27-56(49)63-57)48-22-7-4-18-42(48)46-21-12-14-37-15-13-24-50(59)58(37)46/h1-36H. The molecule has 1 aliphatic heterocycles. The van der Waals surface area contributed by atoms with Crippen LogP contribution in [0.5, 0.6) is 0 Å². The zero-order valence-electron chi connectivity index (χ0n) is 34.0. The Morgan fingerprint density at radius 1 is 0.381 bits per heavy atom. The van der Waals surface area contributed by atoms with Crippen molar-refractivity contribution in [3.05, 3.63) is 241 Å². The van der Waals surface area contributed by atoms with E-state index in [1.165, 1.54) is 95.9 Å². The van der Waals surface area contributed by atoms with E-state index in [9.17, 15) is 0 Å². The van der Waals surface area contributed by atoms with Gasteiger partial charge in [0.05, 0.1) is 16.4 Å². The van der Waals surface area contributed by atoms with Gasteiger partial charge in [-0.05, 0) is 123 Å². The molecule has 294 valence electrons. The van der Waals surface area contributed by atoms with Crippen LogP contribution < -0.4 is 4.90 Å². The smallest absolute Gasteiger partial charge is 0.0736 e. The fourth-order valence-corrected chi connectivity index (χ4v) is 13.3. The second-order valence-electron chi connectivity index (χ2n) is 16.8. The van der Waals surface area contributed by atoms with E-state index in [0.717, 1.165) is 22.7 Å². The van der Waals surface area contributed by atoms with Gasteiger partial charge in [0.15, 0.2) is 0 Å². The predicted octanol–water partition coefficient (Wildman–Crippen LogP) is 16.6. The highest BCUT2D eigenvalue weighted by Crippen LogP contribution is 2.62. The summed E-state index contributed by atoms with van der Waals surface area (Å²) in [5.41, 5.74) is 14.2. The van der Waals surface area contributed by atoms with E-state index in [-0.39, 0.29) is 0 Å². The number of nitrogens with zero attached hydrogens (tertiary/aromatic N) is 2. The quantitative estimate of drug-likeness (QED) is 0.174. The molecular weight excluding hydrogens is 801 g/mol. The highest BCUT2D eigenvalue weighted by Gasteiger charge is 2.48. The van der Waals surface area contributed by atoms with Crippen LogP contribution in [0.4, 0.5) is 17.1 Å². The van der Waals surface area contributed by atoms with E-state index in [0.29, 0.717) is 0 Å². The maximum Gasteiger partial charge on any atom is 0.0736 e. The number of rotatable bonds is 4. The number of hydrogen-bond donors (Lipinski definition) is 0. The van der Waals surface area contributed by atoms with Crippen molar-refractivity contribution in [3.63, 3.8) is 0 Å². The summed E-state index contributed by atoms with van der Waals surface area (Å²) in [6.07, 6.45) is 0. The van der Waals surface area contributed by atoms with Crippen molar-refractivity contribution >= 4 is 92.9 Å². The first-order chi connectivity index (χ1) is 31.2. The van der Waals surface area contributed by atoms with E-state index in [1.807, 2.05) is 23.1 Å². The summed E-state index contributed by atoms with van der Waals surface area (Å²) in [7, 11) is 0. The Hall–Kier alpha value is -7.37. The Morgan fingerprint density at radius 2 is 1.02 bits per heavy atom. The van der Waals surface area contributed by atoms with Gasteiger partial charge in [0, 0.05) is 63.5 Å². The third-order valence-electron chi connectivity index (χ3n) is 13.6. The minimum absolute atomic E-state index is 0.555. The summed E-state index contributed by atoms with van der Waals surface area (Å²) in [6.45, 7) is 0. The molecule has 0 saturated heterocycles. The lowest BCUT2D eigenvalue weighted by molar-refractivity contribution is 0.707. The van der Waals surface area contributed by atoms with E-state index in [4.69, 9.17) is 0 Å². The molecule has 10 aromatic carbocycles. The fourth-order valence-electron chi connectivity index (χ4n) is 11.1. The van der Waals surface area contributed by atoms with Crippen LogP contribution in [0, 0.1) is 0 Å². The Labute approximate surface area is 372 Å². The summed E-state index contributed by atoms with van der Waals surface area (Å²) in [4.78, 5) is 5.08. The minimum Gasteiger partial charge on any atom is -0.310 e. The average molecular weight is 837 g/mol. The third-order valence-corrected chi connectivity index (χ3v) is 15.9. The van der Waals surface area contributed by atoms with Crippen molar-refractivity contribution in [1.82, 2.24) is 4.57 Å².